The van der Waals surface area contributed by atoms with Crippen LogP contribution < -0.4 is 19.7 Å². The molecule has 3 aromatic rings. The molecular formula is C26H32N6O4. The minimum Gasteiger partial charge on any atom is -0.496 e. The fourth-order valence-corrected chi connectivity index (χ4v) is 4.19. The molecule has 0 unspecified atom stereocenters. The van der Waals surface area contributed by atoms with E-state index in [1.54, 1.807) is 38.5 Å². The number of methoxy groups -OCH3 is 2. The zero-order valence-corrected chi connectivity index (χ0v) is 20.9. The number of carbonyl (C=O) groups excluding carboxylic acids is 1. The number of anilines is 3. The molecule has 0 aliphatic carbocycles. The number of carbonyl (C=O) groups is 1. The second-order valence-corrected chi connectivity index (χ2v) is 8.51. The number of piperazine rings is 1. The number of ketones is 1. The quantitative estimate of drug-likeness (QED) is 0.409. The van der Waals surface area contributed by atoms with E-state index >= 15 is 0 Å². The lowest BCUT2D eigenvalue weighted by Gasteiger charge is -2.34. The molecule has 1 aliphatic heterocycles. The van der Waals surface area contributed by atoms with Crippen LogP contribution >= 0.6 is 0 Å². The molecule has 2 N–H and O–H groups in total. The number of β-amino-alcohol motifs (C(OH)–C–C–N with tert-alkyl or cyclic N) is 1. The number of aromatic nitrogens is 3. The minimum absolute atomic E-state index is 0.00604. The lowest BCUT2D eigenvalue weighted by molar-refractivity contribution is 0.0992. The Morgan fingerprint density at radius 3 is 2.39 bits per heavy atom. The lowest BCUT2D eigenvalue weighted by Crippen LogP contribution is -2.47. The number of Topliss-reactive ketones (excluding diaryl/α,β-unsaturated/α-hetero) is 1. The molecule has 36 heavy (non-hydrogen) atoms. The third-order valence-electron chi connectivity index (χ3n) is 6.10. The van der Waals surface area contributed by atoms with Gasteiger partial charge < -0.3 is 24.8 Å². The summed E-state index contributed by atoms with van der Waals surface area (Å²) in [5.74, 6) is 2.69. The molecule has 2 aromatic carbocycles. The summed E-state index contributed by atoms with van der Waals surface area (Å²) in [4.78, 5) is 30.7. The SMILES string of the molecule is COc1cc(Nc2nc(C)nc(N3CCN(CCO)CC3)n2)c(OC)cc1CC(=O)c1ccccc1. The number of aliphatic hydroxyl groups is 1. The van der Waals surface area contributed by atoms with Crippen LogP contribution in [0.25, 0.3) is 0 Å². The van der Waals surface area contributed by atoms with Crippen molar-refractivity contribution in [2.45, 2.75) is 13.3 Å². The number of rotatable bonds is 10. The number of nitrogens with zero attached hydrogens (tertiary/aromatic N) is 5. The summed E-state index contributed by atoms with van der Waals surface area (Å²) in [6.45, 7) is 5.86. The van der Waals surface area contributed by atoms with Crippen LogP contribution in [0.1, 0.15) is 21.7 Å². The van der Waals surface area contributed by atoms with Gasteiger partial charge in [0.2, 0.25) is 11.9 Å². The van der Waals surface area contributed by atoms with E-state index in [0.29, 0.717) is 47.0 Å². The molecule has 1 aromatic heterocycles. The molecular weight excluding hydrogens is 460 g/mol. The number of aliphatic hydroxyl groups excluding tert-OH is 1. The van der Waals surface area contributed by atoms with Gasteiger partial charge in [-0.05, 0) is 13.0 Å². The number of ether oxygens (including phenoxy) is 2. The van der Waals surface area contributed by atoms with Crippen LogP contribution in [0.2, 0.25) is 0 Å². The number of benzene rings is 2. The van der Waals surface area contributed by atoms with Crippen molar-refractivity contribution in [2.24, 2.45) is 0 Å². The topological polar surface area (TPSA) is 113 Å². The maximum absolute atomic E-state index is 12.8. The molecule has 0 amide bonds. The maximum Gasteiger partial charge on any atom is 0.232 e. The largest absolute Gasteiger partial charge is 0.496 e. The summed E-state index contributed by atoms with van der Waals surface area (Å²) in [7, 11) is 3.15. The molecule has 1 saturated heterocycles. The number of aryl methyl sites for hydroxylation is 1. The molecule has 0 saturated carbocycles. The molecule has 190 valence electrons. The van der Waals surface area contributed by atoms with Crippen LogP contribution in [-0.4, -0.2) is 84.3 Å². The second kappa shape index (κ2) is 11.8. The van der Waals surface area contributed by atoms with Crippen molar-refractivity contribution >= 4 is 23.4 Å². The van der Waals surface area contributed by atoms with Gasteiger partial charge in [-0.1, -0.05) is 30.3 Å². The van der Waals surface area contributed by atoms with Gasteiger partial charge in [-0.2, -0.15) is 15.0 Å². The number of hydrogen-bond donors (Lipinski definition) is 2. The lowest BCUT2D eigenvalue weighted by atomic mass is 10.0. The Balaban J connectivity index is 1.55. The highest BCUT2D eigenvalue weighted by molar-refractivity contribution is 5.98. The third-order valence-corrected chi connectivity index (χ3v) is 6.10. The predicted octanol–water partition coefficient (Wildman–Crippen LogP) is 2.48. The van der Waals surface area contributed by atoms with Crippen LogP contribution in [0.15, 0.2) is 42.5 Å². The van der Waals surface area contributed by atoms with E-state index in [2.05, 4.69) is 30.1 Å². The van der Waals surface area contributed by atoms with Gasteiger partial charge in [0.1, 0.15) is 17.3 Å². The fraction of sp³-hybridized carbons (Fsp3) is 0.385. The van der Waals surface area contributed by atoms with Crippen LogP contribution in [0.5, 0.6) is 11.5 Å². The van der Waals surface area contributed by atoms with Gasteiger partial charge in [0.15, 0.2) is 5.78 Å². The average molecular weight is 493 g/mol. The maximum atomic E-state index is 12.8. The Hall–Kier alpha value is -3.76. The molecule has 1 fully saturated rings. The molecule has 10 heteroatoms. The first-order chi connectivity index (χ1) is 17.5. The fourth-order valence-electron chi connectivity index (χ4n) is 4.19. The Morgan fingerprint density at radius 1 is 1.00 bits per heavy atom. The van der Waals surface area contributed by atoms with Crippen molar-refractivity contribution in [1.82, 2.24) is 19.9 Å². The van der Waals surface area contributed by atoms with Crippen molar-refractivity contribution in [3.05, 3.63) is 59.4 Å². The molecule has 0 atom stereocenters. The Morgan fingerprint density at radius 2 is 1.72 bits per heavy atom. The van der Waals surface area contributed by atoms with Crippen molar-refractivity contribution in [3.63, 3.8) is 0 Å². The third kappa shape index (κ3) is 6.07. The predicted molar refractivity (Wildman–Crippen MR) is 138 cm³/mol. The van der Waals surface area contributed by atoms with E-state index in [1.807, 2.05) is 25.1 Å². The van der Waals surface area contributed by atoms with Crippen molar-refractivity contribution in [3.8, 4) is 11.5 Å². The van der Waals surface area contributed by atoms with Crippen LogP contribution in [0.3, 0.4) is 0 Å². The molecule has 4 rings (SSSR count). The molecule has 1 aliphatic rings. The molecule has 10 nitrogen and oxygen atoms in total. The van der Waals surface area contributed by atoms with Gasteiger partial charge in [0.05, 0.1) is 26.5 Å². The van der Waals surface area contributed by atoms with E-state index < -0.39 is 0 Å². The first-order valence-electron chi connectivity index (χ1n) is 11.9. The van der Waals surface area contributed by atoms with Gasteiger partial charge in [-0.15, -0.1) is 0 Å². The minimum atomic E-state index is -0.00604. The van der Waals surface area contributed by atoms with Crippen molar-refractivity contribution in [1.29, 1.82) is 0 Å². The highest BCUT2D eigenvalue weighted by Crippen LogP contribution is 2.35. The molecule has 0 spiro atoms. The normalized spacial score (nSPS) is 13.9. The van der Waals surface area contributed by atoms with Gasteiger partial charge in [0.25, 0.3) is 0 Å². The second-order valence-electron chi connectivity index (χ2n) is 8.51. The van der Waals surface area contributed by atoms with E-state index in [0.717, 1.165) is 31.7 Å². The number of nitrogens with one attached hydrogen (secondary N) is 1. The highest BCUT2D eigenvalue weighted by atomic mass is 16.5. The molecule has 0 radical (unpaired) electrons. The first-order valence-corrected chi connectivity index (χ1v) is 11.9. The monoisotopic (exact) mass is 492 g/mol. The highest BCUT2D eigenvalue weighted by Gasteiger charge is 2.21. The van der Waals surface area contributed by atoms with E-state index in [4.69, 9.17) is 9.47 Å². The zero-order chi connectivity index (χ0) is 25.5. The van der Waals surface area contributed by atoms with Crippen molar-refractivity contribution < 1.29 is 19.4 Å². The smallest absolute Gasteiger partial charge is 0.232 e. The molecule has 0 bridgehead atoms. The Labute approximate surface area is 210 Å². The average Bonchev–Trinajstić information content (AvgIpc) is 2.90. The Kier molecular flexibility index (Phi) is 8.29. The summed E-state index contributed by atoms with van der Waals surface area (Å²) in [6, 6.07) is 12.8. The zero-order valence-electron chi connectivity index (χ0n) is 20.9. The van der Waals surface area contributed by atoms with E-state index in [-0.39, 0.29) is 18.8 Å². The van der Waals surface area contributed by atoms with Crippen LogP contribution in [-0.2, 0) is 6.42 Å². The summed E-state index contributed by atoms with van der Waals surface area (Å²) < 4.78 is 11.2. The van der Waals surface area contributed by atoms with Crippen molar-refractivity contribution in [2.75, 3.05) is 63.8 Å². The van der Waals surface area contributed by atoms with Crippen LogP contribution in [0, 0.1) is 6.92 Å². The van der Waals surface area contributed by atoms with Gasteiger partial charge >= 0.3 is 0 Å². The molecule has 2 heterocycles. The summed E-state index contributed by atoms with van der Waals surface area (Å²) in [6.07, 6.45) is 0.182. The standard InChI is InChI=1S/C26H32N6O4/c1-18-27-25(30-26(28-18)32-11-9-31(10-12-32)13-14-33)29-21-17-23(35-2)20(16-24(21)36-3)15-22(34)19-7-5-4-6-8-19/h4-8,16-17,33H,9-15H2,1-3H3,(H,27,28,29,30). The van der Waals surface area contributed by atoms with Gasteiger partial charge in [0, 0.05) is 56.3 Å². The summed E-state index contributed by atoms with van der Waals surface area (Å²) in [5, 5.41) is 12.4. The summed E-state index contributed by atoms with van der Waals surface area (Å²) in [5.41, 5.74) is 1.99. The van der Waals surface area contributed by atoms with Gasteiger partial charge in [-0.3, -0.25) is 9.69 Å². The first kappa shape index (κ1) is 25.3. The Bertz CT molecular complexity index is 1180. The van der Waals surface area contributed by atoms with Crippen LogP contribution in [0.4, 0.5) is 17.6 Å². The van der Waals surface area contributed by atoms with E-state index in [1.165, 1.54) is 0 Å². The van der Waals surface area contributed by atoms with Gasteiger partial charge in [-0.25, -0.2) is 0 Å². The summed E-state index contributed by atoms with van der Waals surface area (Å²) >= 11 is 0. The van der Waals surface area contributed by atoms with E-state index in [9.17, 15) is 9.90 Å². The number of hydrogen-bond acceptors (Lipinski definition) is 10.